The summed E-state index contributed by atoms with van der Waals surface area (Å²) in [5.41, 5.74) is 9.73. The molecule has 0 unspecified atom stereocenters. The predicted molar refractivity (Wildman–Crippen MR) is 26.2 cm³/mol. The minimum absolute atomic E-state index is 0.0177. The Labute approximate surface area is 41.8 Å². The van der Waals surface area contributed by atoms with Gasteiger partial charge >= 0.3 is 0 Å². The highest BCUT2D eigenvalue weighted by atomic mass is 16.3. The van der Waals surface area contributed by atoms with Gasteiger partial charge in [-0.1, -0.05) is 0 Å². The lowest BCUT2D eigenvalue weighted by Gasteiger charge is -1.85. The first-order valence-electron chi connectivity index (χ1n) is 1.91. The van der Waals surface area contributed by atoms with Crippen molar-refractivity contribution in [3.63, 3.8) is 0 Å². The van der Waals surface area contributed by atoms with Gasteiger partial charge in [-0.3, -0.25) is 4.99 Å². The lowest BCUT2D eigenvalue weighted by molar-refractivity contribution is 0.203. The van der Waals surface area contributed by atoms with Gasteiger partial charge in [-0.15, -0.1) is 0 Å². The lowest BCUT2D eigenvalue weighted by atomic mass is 10.7. The van der Waals surface area contributed by atoms with Crippen LogP contribution in [0.15, 0.2) is 4.99 Å². The summed E-state index contributed by atoms with van der Waals surface area (Å²) in [6, 6.07) is 0. The highest BCUT2D eigenvalue weighted by Gasteiger charge is 1.76. The van der Waals surface area contributed by atoms with Crippen molar-refractivity contribution in [3.05, 3.63) is 0 Å². The smallest absolute Gasteiger partial charge is 0.185 e. The van der Waals surface area contributed by atoms with Crippen LogP contribution in [0.5, 0.6) is 0 Å². The number of hydrogen-bond donors (Lipinski definition) is 2. The van der Waals surface area contributed by atoms with Gasteiger partial charge in [-0.2, -0.15) is 0 Å². The average Bonchev–Trinajstić information content (AvgIpc) is 1.61. The van der Waals surface area contributed by atoms with Crippen LogP contribution in [0.3, 0.4) is 0 Å². The van der Waals surface area contributed by atoms with Crippen LogP contribution >= 0.6 is 0 Å². The number of hydrogen-bond acceptors (Lipinski definition) is 1. The van der Waals surface area contributed by atoms with E-state index in [1.165, 1.54) is 0 Å². The zero-order valence-electron chi connectivity index (χ0n) is 3.92. The number of nitrogens with zero attached hydrogens (tertiary/aromatic N) is 1. The fourth-order valence-corrected chi connectivity index (χ4v) is 0.175. The number of aliphatic imine (C=N–C) groups is 1. The SMILES string of the molecule is NC(N)=NCC[O]. The summed E-state index contributed by atoms with van der Waals surface area (Å²) in [5, 5.41) is 9.62. The number of nitrogens with two attached hydrogens (primary N) is 2. The van der Waals surface area contributed by atoms with Crippen LogP contribution < -0.4 is 11.5 Å². The van der Waals surface area contributed by atoms with E-state index in [0.717, 1.165) is 0 Å². The van der Waals surface area contributed by atoms with Crippen LogP contribution in [-0.2, 0) is 5.11 Å². The topological polar surface area (TPSA) is 84.3 Å². The van der Waals surface area contributed by atoms with Crippen molar-refractivity contribution < 1.29 is 5.11 Å². The monoisotopic (exact) mass is 102 g/mol. The lowest BCUT2D eigenvalue weighted by Crippen LogP contribution is -2.23. The normalized spacial score (nSPS) is 8.14. The summed E-state index contributed by atoms with van der Waals surface area (Å²) in [7, 11) is 0. The summed E-state index contributed by atoms with van der Waals surface area (Å²) in [5.74, 6) is -0.0177. The van der Waals surface area contributed by atoms with Crippen LogP contribution in [-0.4, -0.2) is 19.1 Å². The van der Waals surface area contributed by atoms with Gasteiger partial charge in [0.15, 0.2) is 5.96 Å². The summed E-state index contributed by atoms with van der Waals surface area (Å²) in [4.78, 5) is 3.40. The highest BCUT2D eigenvalue weighted by molar-refractivity contribution is 5.75. The summed E-state index contributed by atoms with van der Waals surface area (Å²) >= 11 is 0. The van der Waals surface area contributed by atoms with Crippen molar-refractivity contribution in [2.75, 3.05) is 13.2 Å². The zero-order chi connectivity index (χ0) is 5.70. The molecule has 1 radical (unpaired) electrons. The molecule has 7 heavy (non-hydrogen) atoms. The molecule has 41 valence electrons. The Balaban J connectivity index is 3.08. The van der Waals surface area contributed by atoms with E-state index >= 15 is 0 Å². The molecule has 0 spiro atoms. The summed E-state index contributed by atoms with van der Waals surface area (Å²) < 4.78 is 0. The van der Waals surface area contributed by atoms with E-state index in [2.05, 4.69) is 4.99 Å². The third kappa shape index (κ3) is 5.23. The molecular formula is C3H8N3O. The molecule has 0 saturated carbocycles. The van der Waals surface area contributed by atoms with Crippen LogP contribution in [0.4, 0.5) is 0 Å². The molecule has 0 aliphatic rings. The molecule has 0 rings (SSSR count). The largest absolute Gasteiger partial charge is 0.370 e. The second-order valence-electron chi connectivity index (χ2n) is 1.01. The average molecular weight is 102 g/mol. The van der Waals surface area contributed by atoms with Gasteiger partial charge in [0.05, 0.1) is 6.54 Å². The molecule has 0 bridgehead atoms. The van der Waals surface area contributed by atoms with E-state index in [1.807, 2.05) is 0 Å². The van der Waals surface area contributed by atoms with Crippen LogP contribution in [0.1, 0.15) is 0 Å². The third-order valence-corrected chi connectivity index (χ3v) is 0.386. The van der Waals surface area contributed by atoms with E-state index < -0.39 is 0 Å². The van der Waals surface area contributed by atoms with Gasteiger partial charge in [0, 0.05) is 0 Å². The molecule has 4 nitrogen and oxygen atoms in total. The fraction of sp³-hybridized carbons (Fsp3) is 0.667. The van der Waals surface area contributed by atoms with Crippen LogP contribution in [0, 0.1) is 0 Å². The number of guanidine groups is 1. The molecule has 4 N–H and O–H groups in total. The first-order valence-corrected chi connectivity index (χ1v) is 1.91. The Hall–Kier alpha value is -0.770. The maximum Gasteiger partial charge on any atom is 0.185 e. The number of rotatable bonds is 2. The van der Waals surface area contributed by atoms with Crippen LogP contribution in [0.25, 0.3) is 0 Å². The standard InChI is InChI=1S/C3H8N3O/c4-3(5)6-1-2-7/h1-2H2,(H4,4,5,6). The maximum absolute atomic E-state index is 9.62. The van der Waals surface area contributed by atoms with Crippen molar-refractivity contribution in [3.8, 4) is 0 Å². The van der Waals surface area contributed by atoms with Gasteiger partial charge in [-0.25, -0.2) is 5.11 Å². The van der Waals surface area contributed by atoms with E-state index in [0.29, 0.717) is 0 Å². The van der Waals surface area contributed by atoms with E-state index in [1.54, 1.807) is 0 Å². The van der Waals surface area contributed by atoms with Crippen molar-refractivity contribution >= 4 is 5.96 Å². The molecule has 0 aromatic heterocycles. The second kappa shape index (κ2) is 3.42. The molecule has 0 aromatic rings. The molecule has 0 aromatic carbocycles. The Kier molecular flexibility index (Phi) is 3.04. The molecule has 0 aliphatic carbocycles. The summed E-state index contributed by atoms with van der Waals surface area (Å²) in [6.07, 6.45) is 0. The van der Waals surface area contributed by atoms with E-state index in [4.69, 9.17) is 11.5 Å². The molecule has 0 amide bonds. The first-order chi connectivity index (χ1) is 3.27. The Morgan fingerprint density at radius 2 is 2.14 bits per heavy atom. The van der Waals surface area contributed by atoms with Crippen LogP contribution in [0.2, 0.25) is 0 Å². The Morgan fingerprint density at radius 3 is 2.29 bits per heavy atom. The fourth-order valence-electron chi connectivity index (χ4n) is 0.175. The quantitative estimate of drug-likeness (QED) is 0.335. The minimum atomic E-state index is -0.252. The molecule has 0 aliphatic heterocycles. The Bertz CT molecular complexity index is 66.6. The molecule has 0 fully saturated rings. The minimum Gasteiger partial charge on any atom is -0.370 e. The zero-order valence-corrected chi connectivity index (χ0v) is 3.92. The summed E-state index contributed by atoms with van der Waals surface area (Å²) in [6.45, 7) is -0.0692. The van der Waals surface area contributed by atoms with Gasteiger partial charge < -0.3 is 11.5 Å². The van der Waals surface area contributed by atoms with Crippen molar-refractivity contribution in [1.82, 2.24) is 0 Å². The molecule has 0 saturated heterocycles. The van der Waals surface area contributed by atoms with Gasteiger partial charge in [-0.05, 0) is 0 Å². The van der Waals surface area contributed by atoms with Crippen molar-refractivity contribution in [2.45, 2.75) is 0 Å². The predicted octanol–water partition coefficient (Wildman–Crippen LogP) is -1.31. The highest BCUT2D eigenvalue weighted by Crippen LogP contribution is 1.62. The van der Waals surface area contributed by atoms with Crippen molar-refractivity contribution in [1.29, 1.82) is 0 Å². The van der Waals surface area contributed by atoms with E-state index in [9.17, 15) is 5.11 Å². The third-order valence-electron chi connectivity index (χ3n) is 0.386. The second-order valence-corrected chi connectivity index (χ2v) is 1.01. The first kappa shape index (κ1) is 6.23. The van der Waals surface area contributed by atoms with Gasteiger partial charge in [0.1, 0.15) is 6.61 Å². The molecule has 0 atom stereocenters. The van der Waals surface area contributed by atoms with Gasteiger partial charge in [0.25, 0.3) is 0 Å². The van der Waals surface area contributed by atoms with E-state index in [-0.39, 0.29) is 19.1 Å². The van der Waals surface area contributed by atoms with Gasteiger partial charge in [0.2, 0.25) is 0 Å². The molecule has 0 heterocycles. The maximum atomic E-state index is 9.62. The molecule has 4 heteroatoms. The molecular weight excluding hydrogens is 94.1 g/mol. The van der Waals surface area contributed by atoms with Crippen molar-refractivity contribution in [2.24, 2.45) is 16.5 Å². The Morgan fingerprint density at radius 1 is 1.57 bits per heavy atom.